The zero-order valence-corrected chi connectivity index (χ0v) is 10.3. The summed E-state index contributed by atoms with van der Waals surface area (Å²) in [6.07, 6.45) is 0. The first-order chi connectivity index (χ1) is 8.66. The lowest BCUT2D eigenvalue weighted by Gasteiger charge is -1.98. The lowest BCUT2D eigenvalue weighted by atomic mass is 10.2. The van der Waals surface area contributed by atoms with Gasteiger partial charge in [-0.15, -0.1) is 0 Å². The van der Waals surface area contributed by atoms with Crippen LogP contribution in [0.4, 0.5) is 0 Å². The van der Waals surface area contributed by atoms with E-state index in [1.54, 1.807) is 0 Å². The van der Waals surface area contributed by atoms with Crippen molar-refractivity contribution in [2.45, 2.75) is 13.0 Å². The number of benzene rings is 1. The fraction of sp³-hybridized carbons (Fsp3) is 0.231. The van der Waals surface area contributed by atoms with Crippen molar-refractivity contribution >= 4 is 10.9 Å². The molecular formula is C13H14N4O. The molecule has 5 heteroatoms. The molecule has 92 valence electrons. The van der Waals surface area contributed by atoms with Crippen molar-refractivity contribution in [3.8, 4) is 11.6 Å². The monoisotopic (exact) mass is 242 g/mol. The van der Waals surface area contributed by atoms with Gasteiger partial charge >= 0.3 is 0 Å². The van der Waals surface area contributed by atoms with Gasteiger partial charge in [0.2, 0.25) is 0 Å². The zero-order valence-electron chi connectivity index (χ0n) is 10.3. The van der Waals surface area contributed by atoms with E-state index in [0.717, 1.165) is 16.6 Å². The molecule has 0 bridgehead atoms. The van der Waals surface area contributed by atoms with Crippen LogP contribution in [0.5, 0.6) is 0 Å². The molecule has 18 heavy (non-hydrogen) atoms. The first-order valence-electron chi connectivity index (χ1n) is 5.81. The summed E-state index contributed by atoms with van der Waals surface area (Å²) in [5, 5.41) is 5.03. The van der Waals surface area contributed by atoms with Crippen molar-refractivity contribution in [3.05, 3.63) is 36.2 Å². The van der Waals surface area contributed by atoms with Gasteiger partial charge in [0.05, 0.1) is 6.04 Å². The Morgan fingerprint density at radius 3 is 2.78 bits per heavy atom. The first-order valence-corrected chi connectivity index (χ1v) is 5.81. The number of aryl methyl sites for hydroxylation is 1. The number of hydrogen-bond acceptors (Lipinski definition) is 4. The fourth-order valence-corrected chi connectivity index (χ4v) is 2.02. The molecule has 0 saturated heterocycles. The van der Waals surface area contributed by atoms with Crippen LogP contribution < -0.4 is 5.73 Å². The Kier molecular flexibility index (Phi) is 2.41. The summed E-state index contributed by atoms with van der Waals surface area (Å²) in [4.78, 5) is 4.31. The van der Waals surface area contributed by atoms with Gasteiger partial charge in [-0.1, -0.05) is 23.4 Å². The minimum atomic E-state index is -0.225. The molecule has 0 amide bonds. The average molecular weight is 242 g/mol. The summed E-state index contributed by atoms with van der Waals surface area (Å²) in [7, 11) is 1.98. The molecule has 2 N–H and O–H groups in total. The number of rotatable bonds is 2. The molecule has 0 aliphatic heterocycles. The molecule has 2 aromatic heterocycles. The van der Waals surface area contributed by atoms with E-state index < -0.39 is 0 Å². The largest absolute Gasteiger partial charge is 0.340 e. The van der Waals surface area contributed by atoms with Crippen molar-refractivity contribution in [2.75, 3.05) is 0 Å². The first kappa shape index (κ1) is 11.0. The van der Waals surface area contributed by atoms with Crippen molar-refractivity contribution in [2.24, 2.45) is 12.8 Å². The predicted molar refractivity (Wildman–Crippen MR) is 68.8 cm³/mol. The number of hydrogen-bond donors (Lipinski definition) is 1. The summed E-state index contributed by atoms with van der Waals surface area (Å²) >= 11 is 0. The van der Waals surface area contributed by atoms with Gasteiger partial charge in [-0.05, 0) is 19.1 Å². The number of fused-ring (bicyclic) bond motifs is 1. The fourth-order valence-electron chi connectivity index (χ4n) is 2.02. The Balaban J connectivity index is 2.15. The highest BCUT2D eigenvalue weighted by atomic mass is 16.5. The van der Waals surface area contributed by atoms with Gasteiger partial charge in [0.15, 0.2) is 5.82 Å². The Bertz CT molecular complexity index is 696. The highest BCUT2D eigenvalue weighted by Gasteiger charge is 2.15. The van der Waals surface area contributed by atoms with Gasteiger partial charge in [-0.3, -0.25) is 0 Å². The van der Waals surface area contributed by atoms with E-state index in [0.29, 0.717) is 11.7 Å². The molecule has 0 saturated carbocycles. The second-order valence-electron chi connectivity index (χ2n) is 4.39. The van der Waals surface area contributed by atoms with Gasteiger partial charge in [0.25, 0.3) is 5.89 Å². The lowest BCUT2D eigenvalue weighted by molar-refractivity contribution is 0.416. The standard InChI is InChI=1S/C13H14N4O/c1-8(14)12-15-13(18-16-12)11-7-9-5-3-4-6-10(9)17(11)2/h3-8H,14H2,1-2H3. The number of para-hydroxylation sites is 1. The van der Waals surface area contributed by atoms with Crippen LogP contribution in [0.25, 0.3) is 22.5 Å². The molecule has 3 aromatic rings. The van der Waals surface area contributed by atoms with Crippen molar-refractivity contribution < 1.29 is 4.52 Å². The molecule has 0 fully saturated rings. The SMILES string of the molecule is CC(N)c1noc(-c2cc3ccccc3n2C)n1. The third-order valence-corrected chi connectivity index (χ3v) is 3.02. The minimum Gasteiger partial charge on any atom is -0.340 e. The Hall–Kier alpha value is -2.14. The number of nitrogens with zero attached hydrogens (tertiary/aromatic N) is 3. The molecule has 1 unspecified atom stereocenters. The van der Waals surface area contributed by atoms with E-state index in [4.69, 9.17) is 10.3 Å². The maximum absolute atomic E-state index is 5.73. The summed E-state index contributed by atoms with van der Waals surface area (Å²) in [5.74, 6) is 1.02. The van der Waals surface area contributed by atoms with Gasteiger partial charge < -0.3 is 14.8 Å². The average Bonchev–Trinajstić information content (AvgIpc) is 2.95. The molecule has 0 spiro atoms. The highest BCUT2D eigenvalue weighted by Crippen LogP contribution is 2.26. The zero-order chi connectivity index (χ0) is 12.7. The van der Waals surface area contributed by atoms with Crippen LogP contribution in [0.2, 0.25) is 0 Å². The Labute approximate surface area is 104 Å². The van der Waals surface area contributed by atoms with Crippen LogP contribution in [0, 0.1) is 0 Å². The maximum atomic E-state index is 5.73. The topological polar surface area (TPSA) is 69.9 Å². The third kappa shape index (κ3) is 1.60. The van der Waals surface area contributed by atoms with Gasteiger partial charge in [0.1, 0.15) is 5.69 Å². The lowest BCUT2D eigenvalue weighted by Crippen LogP contribution is -2.06. The van der Waals surface area contributed by atoms with Crippen LogP contribution in [-0.2, 0) is 7.05 Å². The number of aromatic nitrogens is 3. The maximum Gasteiger partial charge on any atom is 0.274 e. The molecule has 1 atom stereocenters. The second-order valence-corrected chi connectivity index (χ2v) is 4.39. The summed E-state index contributed by atoms with van der Waals surface area (Å²) in [5.41, 5.74) is 7.76. The quantitative estimate of drug-likeness (QED) is 0.748. The van der Waals surface area contributed by atoms with Crippen molar-refractivity contribution in [3.63, 3.8) is 0 Å². The van der Waals surface area contributed by atoms with Gasteiger partial charge in [-0.25, -0.2) is 0 Å². The van der Waals surface area contributed by atoms with Crippen LogP contribution in [-0.4, -0.2) is 14.7 Å². The Morgan fingerprint density at radius 1 is 1.33 bits per heavy atom. The molecule has 0 radical (unpaired) electrons. The van der Waals surface area contributed by atoms with Gasteiger partial charge in [0, 0.05) is 18.0 Å². The number of nitrogens with two attached hydrogens (primary N) is 1. The van der Waals surface area contributed by atoms with Crippen molar-refractivity contribution in [1.29, 1.82) is 0 Å². The normalized spacial score (nSPS) is 13.1. The van der Waals surface area contributed by atoms with Crippen LogP contribution in [0.3, 0.4) is 0 Å². The summed E-state index contributed by atoms with van der Waals surface area (Å²) < 4.78 is 7.30. The molecule has 2 heterocycles. The Morgan fingerprint density at radius 2 is 2.11 bits per heavy atom. The van der Waals surface area contributed by atoms with E-state index in [9.17, 15) is 0 Å². The van der Waals surface area contributed by atoms with Crippen molar-refractivity contribution in [1.82, 2.24) is 14.7 Å². The van der Waals surface area contributed by atoms with E-state index in [-0.39, 0.29) is 6.04 Å². The predicted octanol–water partition coefficient (Wildman–Crippen LogP) is 2.25. The molecule has 0 aliphatic rings. The molecular weight excluding hydrogens is 228 g/mol. The third-order valence-electron chi connectivity index (χ3n) is 3.02. The molecule has 0 aliphatic carbocycles. The highest BCUT2D eigenvalue weighted by molar-refractivity contribution is 5.85. The van der Waals surface area contributed by atoms with Gasteiger partial charge in [-0.2, -0.15) is 4.98 Å². The summed E-state index contributed by atoms with van der Waals surface area (Å²) in [6.45, 7) is 1.83. The minimum absolute atomic E-state index is 0.225. The van der Waals surface area contributed by atoms with E-state index in [2.05, 4.69) is 22.3 Å². The van der Waals surface area contributed by atoms with Crippen LogP contribution in [0.1, 0.15) is 18.8 Å². The van der Waals surface area contributed by atoms with E-state index >= 15 is 0 Å². The van der Waals surface area contributed by atoms with Crippen LogP contribution >= 0.6 is 0 Å². The summed E-state index contributed by atoms with van der Waals surface area (Å²) in [6, 6.07) is 9.94. The molecule has 1 aromatic carbocycles. The molecule has 5 nitrogen and oxygen atoms in total. The van der Waals surface area contributed by atoms with E-state index in [1.165, 1.54) is 0 Å². The second kappa shape index (κ2) is 3.96. The van der Waals surface area contributed by atoms with Crippen LogP contribution in [0.15, 0.2) is 34.9 Å². The smallest absolute Gasteiger partial charge is 0.274 e. The molecule has 3 rings (SSSR count). The van der Waals surface area contributed by atoms with E-state index in [1.807, 2.05) is 36.7 Å².